The smallest absolute Gasteiger partial charge is 0.322 e. The summed E-state index contributed by atoms with van der Waals surface area (Å²) < 4.78 is 59.0. The Morgan fingerprint density at radius 1 is 1.08 bits per heavy atom. The van der Waals surface area contributed by atoms with Crippen LogP contribution in [-0.4, -0.2) is 86.1 Å². The molecule has 0 bridgehead atoms. The normalized spacial score (nSPS) is 18.8. The SMILES string of the molecule is NC(=O)c1nn(CC(=O)N2CC(F)CC2C(=O)Nc2cccc(-c3ncccc3Cl)c2F)c2ccc(NC(=O)N3CCCC(F)(F)C3)cc12. The molecule has 12 nitrogen and oxygen atoms in total. The molecule has 2 saturated heterocycles. The van der Waals surface area contributed by atoms with Crippen LogP contribution in [0.4, 0.5) is 33.7 Å². The van der Waals surface area contributed by atoms with Crippen molar-refractivity contribution in [1.82, 2.24) is 24.6 Å². The number of aromatic nitrogens is 3. The van der Waals surface area contributed by atoms with Gasteiger partial charge in [0.2, 0.25) is 11.8 Å². The van der Waals surface area contributed by atoms with Crippen LogP contribution in [0.15, 0.2) is 54.7 Å². The van der Waals surface area contributed by atoms with Gasteiger partial charge in [0.05, 0.1) is 35.0 Å². The molecule has 2 fully saturated rings. The number of nitrogens with two attached hydrogens (primary N) is 1. The lowest BCUT2D eigenvalue weighted by Gasteiger charge is -2.32. The van der Waals surface area contributed by atoms with Gasteiger partial charge in [-0.1, -0.05) is 17.7 Å². The Morgan fingerprint density at radius 2 is 1.88 bits per heavy atom. The fourth-order valence-electron chi connectivity index (χ4n) is 6.04. The van der Waals surface area contributed by atoms with E-state index < -0.39 is 67.3 Å². The number of pyridine rings is 1. The molecular formula is C32H29ClF4N8O4. The first-order valence-electron chi connectivity index (χ1n) is 15.2. The molecule has 4 heterocycles. The number of nitrogens with zero attached hydrogens (tertiary/aromatic N) is 5. The van der Waals surface area contributed by atoms with Crippen molar-refractivity contribution in [3.05, 3.63) is 71.3 Å². The van der Waals surface area contributed by atoms with Crippen molar-refractivity contribution in [3.63, 3.8) is 0 Å². The summed E-state index contributed by atoms with van der Waals surface area (Å²) in [7, 11) is 0. The van der Waals surface area contributed by atoms with Crippen LogP contribution in [0.1, 0.15) is 29.8 Å². The number of benzene rings is 2. The second kappa shape index (κ2) is 13.3. The first-order valence-corrected chi connectivity index (χ1v) is 15.6. The fourth-order valence-corrected chi connectivity index (χ4v) is 6.26. The predicted octanol–water partition coefficient (Wildman–Crippen LogP) is 4.83. The van der Waals surface area contributed by atoms with Crippen LogP contribution in [0, 0.1) is 5.82 Å². The number of carbonyl (C=O) groups is 4. The van der Waals surface area contributed by atoms with Gasteiger partial charge in [0.25, 0.3) is 11.8 Å². The van der Waals surface area contributed by atoms with Crippen molar-refractivity contribution in [3.8, 4) is 11.3 Å². The average molecular weight is 701 g/mol. The van der Waals surface area contributed by atoms with Crippen molar-refractivity contribution in [2.75, 3.05) is 30.3 Å². The highest BCUT2D eigenvalue weighted by Gasteiger charge is 2.41. The number of carbonyl (C=O) groups excluding carboxylic acids is 4. The molecule has 2 aliphatic rings. The van der Waals surface area contributed by atoms with Crippen molar-refractivity contribution < 1.29 is 36.7 Å². The fraction of sp³-hybridized carbons (Fsp3) is 0.312. The van der Waals surface area contributed by atoms with Gasteiger partial charge in [0, 0.05) is 42.2 Å². The number of halogens is 5. The summed E-state index contributed by atoms with van der Waals surface area (Å²) in [6.07, 6.45) is -0.635. The van der Waals surface area contributed by atoms with E-state index in [9.17, 15) is 32.3 Å². The standard InChI is InChI=1S/C32H29ClF4N8O4/c33-21-5-2-10-39-27(21)19-4-1-6-22(26(19)35)41-30(48)24-12-17(34)14-44(24)25(46)15-45-23-8-7-18(13-20(23)28(42-45)29(38)47)40-31(49)43-11-3-9-32(36,37)16-43/h1-2,4-8,10,13,17,24H,3,9,11-12,14-16H2,(H2,38,47)(H,40,49)(H,41,48). The molecule has 0 spiro atoms. The van der Waals surface area contributed by atoms with Crippen LogP contribution in [0.2, 0.25) is 5.02 Å². The number of urea groups is 1. The Hall–Kier alpha value is -5.25. The lowest BCUT2D eigenvalue weighted by atomic mass is 10.1. The number of hydrogen-bond donors (Lipinski definition) is 3. The van der Waals surface area contributed by atoms with Gasteiger partial charge < -0.3 is 26.2 Å². The Morgan fingerprint density at radius 3 is 2.61 bits per heavy atom. The van der Waals surface area contributed by atoms with Gasteiger partial charge in [-0.25, -0.2) is 22.4 Å². The van der Waals surface area contributed by atoms with Gasteiger partial charge in [0.1, 0.15) is 18.8 Å². The van der Waals surface area contributed by atoms with E-state index in [1.54, 1.807) is 6.07 Å². The van der Waals surface area contributed by atoms with Crippen LogP contribution in [-0.2, 0) is 16.1 Å². The van der Waals surface area contributed by atoms with Gasteiger partial charge in [-0.05, 0) is 48.9 Å². The minimum atomic E-state index is -3.00. The first kappa shape index (κ1) is 33.6. The highest BCUT2D eigenvalue weighted by atomic mass is 35.5. The van der Waals surface area contributed by atoms with Gasteiger partial charge in [-0.3, -0.25) is 24.0 Å². The van der Waals surface area contributed by atoms with Crippen LogP contribution < -0.4 is 16.4 Å². The van der Waals surface area contributed by atoms with Crippen LogP contribution >= 0.6 is 11.6 Å². The molecule has 4 aromatic rings. The lowest BCUT2D eigenvalue weighted by Crippen LogP contribution is -2.47. The van der Waals surface area contributed by atoms with E-state index in [0.29, 0.717) is 0 Å². The maximum absolute atomic E-state index is 15.5. The second-order valence-corrected chi connectivity index (χ2v) is 12.2. The predicted molar refractivity (Wildman–Crippen MR) is 171 cm³/mol. The van der Waals surface area contributed by atoms with Crippen molar-refractivity contribution in [1.29, 1.82) is 0 Å². The molecule has 17 heteroatoms. The Bertz CT molecular complexity index is 1970. The number of likely N-dealkylation sites (tertiary alicyclic amines) is 2. The second-order valence-electron chi connectivity index (χ2n) is 11.8. The van der Waals surface area contributed by atoms with Crippen LogP contribution in [0.3, 0.4) is 0 Å². The van der Waals surface area contributed by atoms with Gasteiger partial charge in [-0.2, -0.15) is 5.10 Å². The molecule has 49 heavy (non-hydrogen) atoms. The van der Waals surface area contributed by atoms with E-state index >= 15 is 4.39 Å². The van der Waals surface area contributed by atoms with E-state index in [1.807, 2.05) is 0 Å². The largest absolute Gasteiger partial charge is 0.364 e. The number of rotatable bonds is 7. The van der Waals surface area contributed by atoms with E-state index in [4.69, 9.17) is 17.3 Å². The molecular weight excluding hydrogens is 672 g/mol. The quantitative estimate of drug-likeness (QED) is 0.235. The highest BCUT2D eigenvalue weighted by Crippen LogP contribution is 2.32. The van der Waals surface area contributed by atoms with E-state index in [-0.39, 0.29) is 70.1 Å². The number of amides is 5. The maximum Gasteiger partial charge on any atom is 0.322 e. The number of primary amides is 1. The zero-order valence-corrected chi connectivity index (χ0v) is 26.4. The molecule has 0 radical (unpaired) electrons. The molecule has 2 aromatic carbocycles. The topological polar surface area (TPSA) is 156 Å². The molecule has 0 saturated carbocycles. The third kappa shape index (κ3) is 6.99. The van der Waals surface area contributed by atoms with E-state index in [0.717, 1.165) is 14.5 Å². The molecule has 2 aliphatic heterocycles. The van der Waals surface area contributed by atoms with Gasteiger partial charge >= 0.3 is 6.03 Å². The molecule has 0 aliphatic carbocycles. The average Bonchev–Trinajstić information content (AvgIpc) is 3.62. The number of alkyl halides is 3. The first-order chi connectivity index (χ1) is 23.3. The minimum Gasteiger partial charge on any atom is -0.364 e. The Balaban J connectivity index is 1.19. The summed E-state index contributed by atoms with van der Waals surface area (Å²) >= 11 is 6.17. The number of hydrogen-bond acceptors (Lipinski definition) is 6. The third-order valence-corrected chi connectivity index (χ3v) is 8.65. The molecule has 2 atom stereocenters. The highest BCUT2D eigenvalue weighted by molar-refractivity contribution is 6.33. The Labute approximate surface area is 281 Å². The van der Waals surface area contributed by atoms with Crippen molar-refractivity contribution in [2.45, 2.75) is 43.9 Å². The third-order valence-electron chi connectivity index (χ3n) is 8.34. The Kier molecular flexibility index (Phi) is 9.16. The van der Waals surface area contributed by atoms with Crippen molar-refractivity contribution in [2.24, 2.45) is 5.73 Å². The van der Waals surface area contributed by atoms with E-state index in [2.05, 4.69) is 20.7 Å². The summed E-state index contributed by atoms with van der Waals surface area (Å²) in [6, 6.07) is 9.52. The summed E-state index contributed by atoms with van der Waals surface area (Å²) in [5.41, 5.74) is 5.65. The van der Waals surface area contributed by atoms with Crippen LogP contribution in [0.5, 0.6) is 0 Å². The monoisotopic (exact) mass is 700 g/mol. The number of nitrogens with one attached hydrogen (secondary N) is 2. The number of piperidine rings is 1. The van der Waals surface area contributed by atoms with Gasteiger partial charge in [0.15, 0.2) is 11.5 Å². The number of anilines is 2. The van der Waals surface area contributed by atoms with Crippen molar-refractivity contribution >= 4 is 57.6 Å². The van der Waals surface area contributed by atoms with Crippen LogP contribution in [0.25, 0.3) is 22.2 Å². The maximum atomic E-state index is 15.5. The zero-order valence-electron chi connectivity index (χ0n) is 25.6. The lowest BCUT2D eigenvalue weighted by molar-refractivity contribution is -0.137. The van der Waals surface area contributed by atoms with Gasteiger partial charge in [-0.15, -0.1) is 0 Å². The molecule has 5 amide bonds. The summed E-state index contributed by atoms with van der Waals surface area (Å²) in [6.45, 7) is -1.54. The zero-order chi connectivity index (χ0) is 35.0. The van der Waals surface area contributed by atoms with E-state index in [1.165, 1.54) is 48.7 Å². The minimum absolute atomic E-state index is 0.0257. The molecule has 2 aromatic heterocycles. The molecule has 2 unspecified atom stereocenters. The molecule has 4 N–H and O–H groups in total. The summed E-state index contributed by atoms with van der Waals surface area (Å²) in [5, 5.41) is 9.47. The molecule has 6 rings (SSSR count). The molecule has 256 valence electrons. The summed E-state index contributed by atoms with van der Waals surface area (Å²) in [5.74, 6) is -6.32. The summed E-state index contributed by atoms with van der Waals surface area (Å²) in [4.78, 5) is 57.9. The number of fused-ring (bicyclic) bond motifs is 1.